The molecule has 0 atom stereocenters. The van der Waals surface area contributed by atoms with E-state index in [-0.39, 0.29) is 0 Å². The van der Waals surface area contributed by atoms with Gasteiger partial charge in [-0.2, -0.15) is 0 Å². The summed E-state index contributed by atoms with van der Waals surface area (Å²) < 4.78 is 0. The highest BCUT2D eigenvalue weighted by atomic mass is 32.2. The van der Waals surface area contributed by atoms with Gasteiger partial charge in [0.2, 0.25) is 0 Å². The monoisotopic (exact) mass is 275 g/mol. The molecule has 0 aromatic carbocycles. The van der Waals surface area contributed by atoms with Gasteiger partial charge >= 0.3 is 5.97 Å². The summed E-state index contributed by atoms with van der Waals surface area (Å²) in [6.45, 7) is 2.82. The van der Waals surface area contributed by atoms with E-state index in [4.69, 9.17) is 5.11 Å². The van der Waals surface area contributed by atoms with E-state index in [9.17, 15) is 4.79 Å². The van der Waals surface area contributed by atoms with Crippen LogP contribution in [-0.2, 0) is 4.79 Å². The van der Waals surface area contributed by atoms with Gasteiger partial charge in [-0.1, -0.05) is 0 Å². The highest BCUT2D eigenvalue weighted by Gasteiger charge is 2.19. The lowest BCUT2D eigenvalue weighted by Crippen LogP contribution is -2.25. The molecule has 0 radical (unpaired) electrons. The second kappa shape index (κ2) is 4.62. The van der Waals surface area contributed by atoms with E-state index in [0.717, 1.165) is 34.6 Å². The standard InChI is InChI=1S/C13H13N3O2S/c1-8-6-15-12-11(8)9(2-3-14-12)16-4-5-19-10(7-16)13(17)18/h2-3,6-7H,4-5H2,1H3,(H,14,15)(H,17,18). The molecule has 2 aromatic heterocycles. The minimum Gasteiger partial charge on any atom is -0.477 e. The van der Waals surface area contributed by atoms with Crippen LogP contribution in [0.3, 0.4) is 0 Å². The molecular formula is C13H13N3O2S. The molecule has 0 bridgehead atoms. The van der Waals surface area contributed by atoms with Crippen molar-refractivity contribution in [3.63, 3.8) is 0 Å². The number of carboxylic acid groups (broad SMARTS) is 1. The summed E-state index contributed by atoms with van der Waals surface area (Å²) in [4.78, 5) is 20.9. The maximum Gasteiger partial charge on any atom is 0.343 e. The van der Waals surface area contributed by atoms with Gasteiger partial charge in [-0.25, -0.2) is 9.78 Å². The lowest BCUT2D eigenvalue weighted by Gasteiger charge is -2.25. The van der Waals surface area contributed by atoms with Gasteiger partial charge in [0.05, 0.1) is 5.69 Å². The Morgan fingerprint density at radius 2 is 2.42 bits per heavy atom. The van der Waals surface area contributed by atoms with Gasteiger partial charge in [-0.3, -0.25) is 0 Å². The smallest absolute Gasteiger partial charge is 0.343 e. The van der Waals surface area contributed by atoms with Crippen LogP contribution in [0.25, 0.3) is 11.0 Å². The van der Waals surface area contributed by atoms with Crippen molar-refractivity contribution in [1.82, 2.24) is 9.97 Å². The minimum atomic E-state index is -0.870. The maximum absolute atomic E-state index is 11.1. The van der Waals surface area contributed by atoms with Crippen molar-refractivity contribution >= 4 is 34.5 Å². The van der Waals surface area contributed by atoms with Gasteiger partial charge in [-0.05, 0) is 18.6 Å². The Bertz CT molecular complexity index is 678. The topological polar surface area (TPSA) is 69.2 Å². The Kier molecular flexibility index (Phi) is 2.94. The van der Waals surface area contributed by atoms with Crippen molar-refractivity contribution in [3.05, 3.63) is 35.1 Å². The van der Waals surface area contributed by atoms with Gasteiger partial charge in [0.25, 0.3) is 0 Å². The number of aryl methyl sites for hydroxylation is 1. The number of aromatic amines is 1. The van der Waals surface area contributed by atoms with E-state index >= 15 is 0 Å². The summed E-state index contributed by atoms with van der Waals surface area (Å²) >= 11 is 1.38. The number of pyridine rings is 1. The van der Waals surface area contributed by atoms with E-state index in [0.29, 0.717) is 4.91 Å². The Morgan fingerprint density at radius 3 is 3.21 bits per heavy atom. The summed E-state index contributed by atoms with van der Waals surface area (Å²) in [6.07, 6.45) is 5.36. The average molecular weight is 275 g/mol. The Labute approximate surface area is 114 Å². The molecule has 0 saturated carbocycles. The molecule has 0 unspecified atom stereocenters. The number of nitrogens with one attached hydrogen (secondary N) is 1. The number of anilines is 1. The normalized spacial score (nSPS) is 15.6. The quantitative estimate of drug-likeness (QED) is 0.880. The second-order valence-corrected chi connectivity index (χ2v) is 5.50. The first-order valence-electron chi connectivity index (χ1n) is 5.94. The van der Waals surface area contributed by atoms with Crippen molar-refractivity contribution in [2.45, 2.75) is 6.92 Å². The zero-order valence-corrected chi connectivity index (χ0v) is 11.2. The third kappa shape index (κ3) is 2.08. The first-order chi connectivity index (χ1) is 9.16. The predicted octanol–water partition coefficient (Wildman–Crippen LogP) is 2.35. The zero-order valence-electron chi connectivity index (χ0n) is 10.4. The molecule has 3 rings (SSSR count). The number of nitrogens with zero attached hydrogens (tertiary/aromatic N) is 2. The molecule has 0 amide bonds. The number of carboxylic acids is 1. The van der Waals surface area contributed by atoms with Crippen LogP contribution >= 0.6 is 11.8 Å². The lowest BCUT2D eigenvalue weighted by molar-refractivity contribution is -0.131. The molecule has 6 heteroatoms. The number of H-pyrrole nitrogens is 1. The first-order valence-corrected chi connectivity index (χ1v) is 6.92. The molecule has 2 aromatic rings. The molecular weight excluding hydrogens is 262 g/mol. The van der Waals surface area contributed by atoms with Crippen LogP contribution in [0, 0.1) is 6.92 Å². The van der Waals surface area contributed by atoms with Crippen LogP contribution in [0.2, 0.25) is 0 Å². The van der Waals surface area contributed by atoms with Gasteiger partial charge in [0.15, 0.2) is 0 Å². The van der Waals surface area contributed by atoms with Crippen LogP contribution in [0.4, 0.5) is 5.69 Å². The Balaban J connectivity index is 2.11. The molecule has 3 heterocycles. The number of aliphatic carboxylic acids is 1. The summed E-state index contributed by atoms with van der Waals surface area (Å²) in [5, 5.41) is 10.1. The molecule has 98 valence electrons. The fourth-order valence-electron chi connectivity index (χ4n) is 2.24. The fraction of sp³-hybridized carbons (Fsp3) is 0.231. The maximum atomic E-state index is 11.1. The highest BCUT2D eigenvalue weighted by Crippen LogP contribution is 2.32. The van der Waals surface area contributed by atoms with Crippen molar-refractivity contribution < 1.29 is 9.90 Å². The number of aromatic nitrogens is 2. The third-order valence-corrected chi connectivity index (χ3v) is 4.11. The van der Waals surface area contributed by atoms with Gasteiger partial charge < -0.3 is 15.0 Å². The lowest BCUT2D eigenvalue weighted by atomic mass is 10.2. The molecule has 0 spiro atoms. The number of fused-ring (bicyclic) bond motifs is 1. The number of rotatable bonds is 2. The van der Waals surface area contributed by atoms with E-state index < -0.39 is 5.97 Å². The molecule has 5 nitrogen and oxygen atoms in total. The zero-order chi connectivity index (χ0) is 13.4. The highest BCUT2D eigenvalue weighted by molar-refractivity contribution is 8.04. The van der Waals surface area contributed by atoms with Crippen molar-refractivity contribution in [2.24, 2.45) is 0 Å². The number of carbonyl (C=O) groups is 1. The molecule has 0 saturated heterocycles. The minimum absolute atomic E-state index is 0.379. The Morgan fingerprint density at radius 1 is 1.58 bits per heavy atom. The second-order valence-electron chi connectivity index (χ2n) is 4.37. The van der Waals surface area contributed by atoms with Crippen LogP contribution in [-0.4, -0.2) is 33.3 Å². The van der Waals surface area contributed by atoms with Crippen molar-refractivity contribution in [1.29, 1.82) is 0 Å². The van der Waals surface area contributed by atoms with E-state index in [1.165, 1.54) is 11.8 Å². The summed E-state index contributed by atoms with van der Waals surface area (Å²) in [5.74, 6) is -0.100. The van der Waals surface area contributed by atoms with Crippen LogP contribution in [0.1, 0.15) is 5.56 Å². The first kappa shape index (κ1) is 12.1. The average Bonchev–Trinajstić information content (AvgIpc) is 2.81. The molecule has 19 heavy (non-hydrogen) atoms. The van der Waals surface area contributed by atoms with E-state index in [2.05, 4.69) is 9.97 Å². The van der Waals surface area contributed by atoms with Crippen LogP contribution < -0.4 is 4.90 Å². The predicted molar refractivity (Wildman–Crippen MR) is 76.4 cm³/mol. The molecule has 0 fully saturated rings. The summed E-state index contributed by atoms with van der Waals surface area (Å²) in [7, 11) is 0. The molecule has 2 N–H and O–H groups in total. The van der Waals surface area contributed by atoms with Gasteiger partial charge in [-0.15, -0.1) is 11.8 Å². The van der Waals surface area contributed by atoms with Gasteiger partial charge in [0, 0.05) is 36.3 Å². The number of hydrogen-bond donors (Lipinski definition) is 2. The molecule has 1 aliphatic heterocycles. The van der Waals surface area contributed by atoms with E-state index in [1.807, 2.05) is 24.1 Å². The number of thioether (sulfide) groups is 1. The number of hydrogen-bond acceptors (Lipinski definition) is 4. The third-order valence-electron chi connectivity index (χ3n) is 3.13. The van der Waals surface area contributed by atoms with Crippen molar-refractivity contribution in [2.75, 3.05) is 17.2 Å². The largest absolute Gasteiger partial charge is 0.477 e. The fourth-order valence-corrected chi connectivity index (χ4v) is 3.08. The SMILES string of the molecule is Cc1c[nH]c2nccc(N3C=C(C(=O)O)SCC3)c12. The molecule has 1 aliphatic rings. The van der Waals surface area contributed by atoms with Crippen molar-refractivity contribution in [3.8, 4) is 0 Å². The summed E-state index contributed by atoms with van der Waals surface area (Å²) in [5.41, 5.74) is 2.95. The van der Waals surface area contributed by atoms with Crippen LogP contribution in [0.15, 0.2) is 29.6 Å². The van der Waals surface area contributed by atoms with E-state index in [1.54, 1.807) is 12.4 Å². The van der Waals surface area contributed by atoms with Gasteiger partial charge in [0.1, 0.15) is 10.6 Å². The Hall–Kier alpha value is -1.95. The molecule has 0 aliphatic carbocycles. The summed E-state index contributed by atoms with van der Waals surface area (Å²) in [6, 6.07) is 1.93. The van der Waals surface area contributed by atoms with Crippen LogP contribution in [0.5, 0.6) is 0 Å².